The van der Waals surface area contributed by atoms with Gasteiger partial charge in [-0.15, -0.1) is 0 Å². The van der Waals surface area contributed by atoms with Gasteiger partial charge in [-0.05, 0) is 27.7 Å². The van der Waals surface area contributed by atoms with Crippen molar-refractivity contribution >= 4 is 5.91 Å². The number of nitrogens with zero attached hydrogens (tertiary/aromatic N) is 2. The van der Waals surface area contributed by atoms with Crippen molar-refractivity contribution in [1.29, 1.82) is 0 Å². The summed E-state index contributed by atoms with van der Waals surface area (Å²) in [6, 6.07) is 0.696. The van der Waals surface area contributed by atoms with Crippen molar-refractivity contribution in [3.63, 3.8) is 0 Å². The van der Waals surface area contributed by atoms with Crippen molar-refractivity contribution in [2.45, 2.75) is 45.3 Å². The normalized spacial score (nSPS) is 24.8. The summed E-state index contributed by atoms with van der Waals surface area (Å²) in [6.45, 7) is 14.5. The molecule has 0 aromatic carbocycles. The van der Waals surface area contributed by atoms with Gasteiger partial charge in [0, 0.05) is 50.8 Å². The lowest BCUT2D eigenvalue weighted by molar-refractivity contribution is -0.128. The molecule has 2 rings (SSSR count). The van der Waals surface area contributed by atoms with Crippen LogP contribution in [-0.2, 0) is 4.79 Å². The summed E-state index contributed by atoms with van der Waals surface area (Å²) in [6.07, 6.45) is 0. The average Bonchev–Trinajstić information content (AvgIpc) is 2.24. The Morgan fingerprint density at radius 1 is 1.21 bits per heavy atom. The molecular formula is C14H28N4O. The van der Waals surface area contributed by atoms with E-state index in [1.807, 2.05) is 27.7 Å². The van der Waals surface area contributed by atoms with Crippen LogP contribution in [0.15, 0.2) is 0 Å². The molecule has 0 aromatic rings. The van der Waals surface area contributed by atoms with Crippen LogP contribution in [0.5, 0.6) is 0 Å². The topological polar surface area (TPSA) is 47.6 Å². The van der Waals surface area contributed by atoms with Crippen LogP contribution in [0.25, 0.3) is 0 Å². The predicted molar refractivity (Wildman–Crippen MR) is 77.2 cm³/mol. The maximum Gasteiger partial charge on any atom is 0.237 e. The standard InChI is InChI=1S/C14H28N4O/c1-11(13(19)16-14(2,3)4)17-5-7-18(8-6-17)12-9-15-10-12/h11-12,15H,5-10H2,1-4H3,(H,16,19). The molecule has 0 spiro atoms. The zero-order valence-electron chi connectivity index (χ0n) is 12.7. The zero-order chi connectivity index (χ0) is 14.0. The Kier molecular flexibility index (Phi) is 4.48. The number of carbonyl (C=O) groups is 1. The molecule has 0 bridgehead atoms. The highest BCUT2D eigenvalue weighted by Gasteiger charge is 2.31. The van der Waals surface area contributed by atoms with Gasteiger partial charge in [-0.2, -0.15) is 0 Å². The number of rotatable bonds is 3. The Morgan fingerprint density at radius 3 is 2.21 bits per heavy atom. The largest absolute Gasteiger partial charge is 0.350 e. The van der Waals surface area contributed by atoms with E-state index < -0.39 is 0 Å². The minimum Gasteiger partial charge on any atom is -0.350 e. The number of hydrogen-bond acceptors (Lipinski definition) is 4. The minimum atomic E-state index is -0.148. The van der Waals surface area contributed by atoms with E-state index in [0.29, 0.717) is 0 Å². The van der Waals surface area contributed by atoms with Crippen LogP contribution >= 0.6 is 0 Å². The quantitative estimate of drug-likeness (QED) is 0.749. The van der Waals surface area contributed by atoms with Crippen molar-refractivity contribution in [3.8, 4) is 0 Å². The Labute approximate surface area is 116 Å². The van der Waals surface area contributed by atoms with Crippen molar-refractivity contribution < 1.29 is 4.79 Å². The van der Waals surface area contributed by atoms with E-state index in [1.54, 1.807) is 0 Å². The fraction of sp³-hybridized carbons (Fsp3) is 0.929. The summed E-state index contributed by atoms with van der Waals surface area (Å²) in [5, 5.41) is 6.39. The first-order valence-electron chi connectivity index (χ1n) is 7.38. The van der Waals surface area contributed by atoms with E-state index in [1.165, 1.54) is 0 Å². The Morgan fingerprint density at radius 2 is 1.79 bits per heavy atom. The van der Waals surface area contributed by atoms with Crippen LogP contribution in [-0.4, -0.2) is 72.6 Å². The van der Waals surface area contributed by atoms with Crippen molar-refractivity contribution in [2.75, 3.05) is 39.3 Å². The van der Waals surface area contributed by atoms with Gasteiger partial charge in [0.25, 0.3) is 0 Å². The first kappa shape index (κ1) is 14.8. The van der Waals surface area contributed by atoms with Crippen LogP contribution in [0.3, 0.4) is 0 Å². The second-order valence-corrected chi connectivity index (χ2v) is 6.80. The Balaban J connectivity index is 1.78. The van der Waals surface area contributed by atoms with Gasteiger partial charge in [-0.3, -0.25) is 14.6 Å². The first-order chi connectivity index (χ1) is 8.87. The monoisotopic (exact) mass is 268 g/mol. The zero-order valence-corrected chi connectivity index (χ0v) is 12.7. The van der Waals surface area contributed by atoms with Gasteiger partial charge in [0.05, 0.1) is 6.04 Å². The molecule has 5 nitrogen and oxygen atoms in total. The van der Waals surface area contributed by atoms with E-state index in [9.17, 15) is 4.79 Å². The molecule has 2 heterocycles. The molecule has 110 valence electrons. The van der Waals surface area contributed by atoms with Crippen LogP contribution in [0.2, 0.25) is 0 Å². The summed E-state index contributed by atoms with van der Waals surface area (Å²) in [5.41, 5.74) is -0.148. The van der Waals surface area contributed by atoms with Gasteiger partial charge < -0.3 is 10.6 Å². The van der Waals surface area contributed by atoms with Crippen LogP contribution in [0.1, 0.15) is 27.7 Å². The van der Waals surface area contributed by atoms with Gasteiger partial charge in [0.15, 0.2) is 0 Å². The number of nitrogens with one attached hydrogen (secondary N) is 2. The van der Waals surface area contributed by atoms with Crippen LogP contribution in [0.4, 0.5) is 0 Å². The van der Waals surface area contributed by atoms with Gasteiger partial charge >= 0.3 is 0 Å². The third-order valence-corrected chi connectivity index (χ3v) is 4.05. The third-order valence-electron chi connectivity index (χ3n) is 4.05. The number of hydrogen-bond donors (Lipinski definition) is 2. The predicted octanol–water partition coefficient (Wildman–Crippen LogP) is -0.121. The highest BCUT2D eigenvalue weighted by atomic mass is 16.2. The molecule has 0 aliphatic carbocycles. The smallest absolute Gasteiger partial charge is 0.237 e. The molecule has 2 N–H and O–H groups in total. The lowest BCUT2D eigenvalue weighted by Crippen LogP contribution is -2.63. The Hall–Kier alpha value is -0.650. The molecule has 1 unspecified atom stereocenters. The molecule has 2 fully saturated rings. The summed E-state index contributed by atoms with van der Waals surface area (Å²) in [7, 11) is 0. The molecule has 0 radical (unpaired) electrons. The second-order valence-electron chi connectivity index (χ2n) is 6.80. The molecule has 0 aromatic heterocycles. The maximum atomic E-state index is 12.2. The lowest BCUT2D eigenvalue weighted by Gasteiger charge is -2.44. The Bertz CT molecular complexity index is 314. The summed E-state index contributed by atoms with van der Waals surface area (Å²) < 4.78 is 0. The van der Waals surface area contributed by atoms with Crippen molar-refractivity contribution in [1.82, 2.24) is 20.4 Å². The van der Waals surface area contributed by atoms with E-state index in [2.05, 4.69) is 20.4 Å². The van der Waals surface area contributed by atoms with Gasteiger partial charge in [0.2, 0.25) is 5.91 Å². The third kappa shape index (κ3) is 3.91. The lowest BCUT2D eigenvalue weighted by atomic mass is 10.1. The van der Waals surface area contributed by atoms with Crippen molar-refractivity contribution in [3.05, 3.63) is 0 Å². The molecule has 0 saturated carbocycles. The van der Waals surface area contributed by atoms with Crippen LogP contribution in [0, 0.1) is 0 Å². The molecule has 2 aliphatic heterocycles. The van der Waals surface area contributed by atoms with E-state index in [-0.39, 0.29) is 17.5 Å². The maximum absolute atomic E-state index is 12.2. The summed E-state index contributed by atoms with van der Waals surface area (Å²) in [4.78, 5) is 17.0. The highest BCUT2D eigenvalue weighted by Crippen LogP contribution is 2.12. The molecule has 1 amide bonds. The molecule has 1 atom stereocenters. The summed E-state index contributed by atoms with van der Waals surface area (Å²) in [5.74, 6) is 0.145. The molecule has 19 heavy (non-hydrogen) atoms. The SMILES string of the molecule is CC(C(=O)NC(C)(C)C)N1CCN(C2CNC2)CC1. The molecule has 5 heteroatoms. The first-order valence-corrected chi connectivity index (χ1v) is 7.38. The van der Waals surface area contributed by atoms with E-state index in [4.69, 9.17) is 0 Å². The van der Waals surface area contributed by atoms with Gasteiger partial charge in [-0.25, -0.2) is 0 Å². The molecule has 2 aliphatic rings. The van der Waals surface area contributed by atoms with E-state index in [0.717, 1.165) is 45.3 Å². The number of amides is 1. The van der Waals surface area contributed by atoms with Gasteiger partial charge in [0.1, 0.15) is 0 Å². The fourth-order valence-corrected chi connectivity index (χ4v) is 2.66. The van der Waals surface area contributed by atoms with Gasteiger partial charge in [-0.1, -0.05) is 0 Å². The number of piperazine rings is 1. The second kappa shape index (κ2) is 5.77. The minimum absolute atomic E-state index is 0.0270. The molecule has 2 saturated heterocycles. The highest BCUT2D eigenvalue weighted by molar-refractivity contribution is 5.81. The number of carbonyl (C=O) groups excluding carboxylic acids is 1. The van der Waals surface area contributed by atoms with Crippen molar-refractivity contribution in [2.24, 2.45) is 0 Å². The summed E-state index contributed by atoms with van der Waals surface area (Å²) >= 11 is 0. The van der Waals surface area contributed by atoms with E-state index >= 15 is 0 Å². The average molecular weight is 268 g/mol. The van der Waals surface area contributed by atoms with Crippen LogP contribution < -0.4 is 10.6 Å². The fourth-order valence-electron chi connectivity index (χ4n) is 2.66. The molecular weight excluding hydrogens is 240 g/mol.